The van der Waals surface area contributed by atoms with Crippen molar-refractivity contribution in [2.24, 2.45) is 35.0 Å². The number of fused-ring (bicyclic) bond motifs is 4. The summed E-state index contributed by atoms with van der Waals surface area (Å²) in [7, 11) is -1.18. The van der Waals surface area contributed by atoms with E-state index in [9.17, 15) is 0 Å². The number of hydrogen-bond acceptors (Lipinski definition) is 0. The van der Waals surface area contributed by atoms with Crippen LogP contribution in [0.4, 0.5) is 0 Å². The Morgan fingerprint density at radius 3 is 2.50 bits per heavy atom. The molecule has 2 unspecified atom stereocenters. The Morgan fingerprint density at radius 1 is 1.15 bits per heavy atom. The van der Waals surface area contributed by atoms with Gasteiger partial charge in [0.15, 0.2) is 0 Å². The van der Waals surface area contributed by atoms with E-state index < -0.39 is 8.07 Å². The van der Waals surface area contributed by atoms with Crippen LogP contribution in [0.25, 0.3) is 0 Å². The summed E-state index contributed by atoms with van der Waals surface area (Å²) in [5, 5.41) is 1.91. The summed E-state index contributed by atoms with van der Waals surface area (Å²) >= 11 is 0. The van der Waals surface area contributed by atoms with Crippen molar-refractivity contribution >= 4 is 8.07 Å². The van der Waals surface area contributed by atoms with Gasteiger partial charge in [0.25, 0.3) is 0 Å². The van der Waals surface area contributed by atoms with E-state index in [1.165, 1.54) is 19.3 Å². The molecule has 5 atom stereocenters. The fraction of sp³-hybridized carbons (Fsp3) is 0.789. The van der Waals surface area contributed by atoms with Crippen molar-refractivity contribution in [3.63, 3.8) is 0 Å². The third kappa shape index (κ3) is 1.78. The highest BCUT2D eigenvalue weighted by atomic mass is 28.3. The van der Waals surface area contributed by atoms with Gasteiger partial charge in [0.1, 0.15) is 0 Å². The predicted molar refractivity (Wildman–Crippen MR) is 89.2 cm³/mol. The summed E-state index contributed by atoms with van der Waals surface area (Å²) in [6.07, 6.45) is 13.6. The molecule has 3 fully saturated rings. The fourth-order valence-electron chi connectivity index (χ4n) is 6.14. The van der Waals surface area contributed by atoms with E-state index >= 15 is 0 Å². The molecule has 5 aliphatic carbocycles. The molecule has 4 bridgehead atoms. The van der Waals surface area contributed by atoms with Gasteiger partial charge in [-0.1, -0.05) is 62.8 Å². The lowest BCUT2D eigenvalue weighted by atomic mass is 9.46. The molecule has 0 aromatic carbocycles. The molecule has 5 rings (SSSR count). The maximum atomic E-state index is 2.66. The molecular formula is C19H30Si. The predicted octanol–water partition coefficient (Wildman–Crippen LogP) is 5.44. The SMILES string of the molecule is CC1(C)[C@H]2CC[C@@H](C[Si](C)(C)C3=CC4C=CC3C4)[C@@H]1C2. The van der Waals surface area contributed by atoms with Crippen molar-refractivity contribution in [1.82, 2.24) is 0 Å². The van der Waals surface area contributed by atoms with Crippen molar-refractivity contribution in [1.29, 1.82) is 0 Å². The minimum absolute atomic E-state index is 0.663. The average Bonchev–Trinajstić information content (AvgIpc) is 3.00. The minimum atomic E-state index is -1.18. The van der Waals surface area contributed by atoms with E-state index in [1.807, 2.05) is 5.20 Å². The summed E-state index contributed by atoms with van der Waals surface area (Å²) in [4.78, 5) is 0. The standard InChI is InChI=1S/C19H30Si/c1-19(2)16-8-7-15(17(19)11-16)12-20(3,4)18-10-13-5-6-14(18)9-13/h5-6,10,13-17H,7-9,11-12H2,1-4H3/t13?,14?,15-,16-,17-/m0/s1. The number of allylic oxidation sites excluding steroid dienone is 4. The van der Waals surface area contributed by atoms with Crippen LogP contribution in [0.5, 0.6) is 0 Å². The van der Waals surface area contributed by atoms with E-state index in [0.717, 1.165) is 29.6 Å². The van der Waals surface area contributed by atoms with Crippen LogP contribution < -0.4 is 0 Å². The van der Waals surface area contributed by atoms with Gasteiger partial charge in [-0.15, -0.1) is 0 Å². The second kappa shape index (κ2) is 4.12. The number of rotatable bonds is 3. The highest BCUT2D eigenvalue weighted by Crippen LogP contribution is 2.63. The monoisotopic (exact) mass is 286 g/mol. The molecule has 0 saturated heterocycles. The third-order valence-corrected chi connectivity index (χ3v) is 11.1. The van der Waals surface area contributed by atoms with E-state index in [0.29, 0.717) is 5.41 Å². The van der Waals surface area contributed by atoms with Gasteiger partial charge in [-0.3, -0.25) is 0 Å². The van der Waals surface area contributed by atoms with Crippen LogP contribution in [-0.2, 0) is 0 Å². The Morgan fingerprint density at radius 2 is 1.95 bits per heavy atom. The average molecular weight is 287 g/mol. The van der Waals surface area contributed by atoms with Crippen LogP contribution in [0.15, 0.2) is 23.4 Å². The van der Waals surface area contributed by atoms with Gasteiger partial charge in [-0.2, -0.15) is 0 Å². The van der Waals surface area contributed by atoms with Gasteiger partial charge in [0.2, 0.25) is 0 Å². The van der Waals surface area contributed by atoms with Gasteiger partial charge in [0.05, 0.1) is 8.07 Å². The summed E-state index contributed by atoms with van der Waals surface area (Å²) in [5.74, 6) is 4.78. The molecule has 0 aliphatic heterocycles. The highest BCUT2D eigenvalue weighted by molar-refractivity contribution is 6.84. The first-order chi connectivity index (χ1) is 9.38. The van der Waals surface area contributed by atoms with Crippen molar-refractivity contribution < 1.29 is 0 Å². The second-order valence-corrected chi connectivity index (χ2v) is 14.1. The second-order valence-electron chi connectivity index (χ2n) is 9.30. The van der Waals surface area contributed by atoms with Crippen LogP contribution in [0, 0.1) is 35.0 Å². The Bertz CT molecular complexity index is 480. The molecule has 0 amide bonds. The van der Waals surface area contributed by atoms with E-state index in [4.69, 9.17) is 0 Å². The molecular weight excluding hydrogens is 256 g/mol. The van der Waals surface area contributed by atoms with Crippen LogP contribution in [-0.4, -0.2) is 8.07 Å². The van der Waals surface area contributed by atoms with Gasteiger partial charge >= 0.3 is 0 Å². The van der Waals surface area contributed by atoms with E-state index in [1.54, 1.807) is 12.5 Å². The summed E-state index contributed by atoms with van der Waals surface area (Å²) in [6.45, 7) is 10.4. The summed E-state index contributed by atoms with van der Waals surface area (Å²) in [5.41, 5.74) is 0.663. The maximum absolute atomic E-state index is 2.66. The van der Waals surface area contributed by atoms with E-state index in [-0.39, 0.29) is 0 Å². The largest absolute Gasteiger partial charge is 0.0816 e. The molecule has 5 aliphatic rings. The van der Waals surface area contributed by atoms with Crippen molar-refractivity contribution in [2.75, 3.05) is 0 Å². The van der Waals surface area contributed by atoms with Gasteiger partial charge in [-0.25, -0.2) is 0 Å². The maximum Gasteiger partial charge on any atom is 0.0761 e. The molecule has 0 radical (unpaired) electrons. The zero-order valence-electron chi connectivity index (χ0n) is 13.7. The Kier molecular flexibility index (Phi) is 2.75. The molecule has 0 N–H and O–H groups in total. The van der Waals surface area contributed by atoms with Crippen molar-refractivity contribution in [3.05, 3.63) is 23.4 Å². The Labute approximate surface area is 125 Å². The quantitative estimate of drug-likeness (QED) is 0.479. The fourth-order valence-corrected chi connectivity index (χ4v) is 10.1. The van der Waals surface area contributed by atoms with E-state index in [2.05, 4.69) is 45.2 Å². The lowest BCUT2D eigenvalue weighted by Gasteiger charge is -2.61. The van der Waals surface area contributed by atoms with Gasteiger partial charge in [0, 0.05) is 0 Å². The normalized spacial score (nSPS) is 44.4. The minimum Gasteiger partial charge on any atom is -0.0816 e. The van der Waals surface area contributed by atoms with Crippen molar-refractivity contribution in [2.45, 2.75) is 58.7 Å². The zero-order chi connectivity index (χ0) is 14.1. The molecule has 0 aromatic heterocycles. The molecule has 110 valence electrons. The summed E-state index contributed by atoms with van der Waals surface area (Å²) in [6, 6.07) is 1.57. The van der Waals surface area contributed by atoms with Gasteiger partial charge < -0.3 is 0 Å². The van der Waals surface area contributed by atoms with Crippen LogP contribution >= 0.6 is 0 Å². The molecule has 1 heteroatoms. The first-order valence-corrected chi connectivity index (χ1v) is 12.0. The van der Waals surface area contributed by atoms with Gasteiger partial charge in [-0.05, 0) is 54.3 Å². The molecule has 0 spiro atoms. The van der Waals surface area contributed by atoms with Crippen LogP contribution in [0.3, 0.4) is 0 Å². The van der Waals surface area contributed by atoms with Crippen LogP contribution in [0.2, 0.25) is 19.1 Å². The molecule has 3 saturated carbocycles. The zero-order valence-corrected chi connectivity index (χ0v) is 14.7. The van der Waals surface area contributed by atoms with Crippen LogP contribution in [0.1, 0.15) is 39.5 Å². The highest BCUT2D eigenvalue weighted by Gasteiger charge is 2.55. The topological polar surface area (TPSA) is 0 Å². The Hall–Kier alpha value is -0.303. The third-order valence-electron chi connectivity index (χ3n) is 7.47. The first kappa shape index (κ1) is 13.4. The lowest BCUT2D eigenvalue weighted by molar-refractivity contribution is -0.0990. The number of hydrogen-bond donors (Lipinski definition) is 0. The van der Waals surface area contributed by atoms with Crippen molar-refractivity contribution in [3.8, 4) is 0 Å². The molecule has 0 nitrogen and oxygen atoms in total. The first-order valence-electron chi connectivity index (χ1n) is 8.78. The Balaban J connectivity index is 1.50. The molecule has 0 heterocycles. The molecule has 20 heavy (non-hydrogen) atoms. The lowest BCUT2D eigenvalue weighted by Crippen LogP contribution is -2.53. The molecule has 0 aromatic rings. The smallest absolute Gasteiger partial charge is 0.0761 e. The summed E-state index contributed by atoms with van der Waals surface area (Å²) < 4.78 is 0.